The molecule has 1 rings (SSSR count). The lowest BCUT2D eigenvalue weighted by Gasteiger charge is -2.07. The van der Waals surface area contributed by atoms with Crippen molar-refractivity contribution >= 4 is 0 Å². The molecule has 3 nitrogen and oxygen atoms in total. The zero-order valence-corrected chi connectivity index (χ0v) is 7.58. The molecule has 0 saturated heterocycles. The quantitative estimate of drug-likeness (QED) is 0.656. The number of rotatable bonds is 2. The number of nitrogens with zero attached hydrogens (tertiary/aromatic N) is 1. The Bertz CT molecular complexity index is 398. The van der Waals surface area contributed by atoms with Crippen molar-refractivity contribution in [2.75, 3.05) is 0 Å². The molecule has 3 heteroatoms. The van der Waals surface area contributed by atoms with Gasteiger partial charge in [0.1, 0.15) is 0 Å². The molecule has 0 atom stereocenters. The Morgan fingerprint density at radius 2 is 2.31 bits per heavy atom. The van der Waals surface area contributed by atoms with Gasteiger partial charge in [-0.1, -0.05) is 12.0 Å². The van der Waals surface area contributed by atoms with Gasteiger partial charge in [0.2, 0.25) is 0 Å². The topological polar surface area (TPSA) is 48.0 Å². The van der Waals surface area contributed by atoms with E-state index in [9.17, 15) is 4.79 Å². The molecule has 0 radical (unpaired) electrons. The maximum atomic E-state index is 11.6. The van der Waals surface area contributed by atoms with Gasteiger partial charge in [-0.2, -0.15) is 0 Å². The summed E-state index contributed by atoms with van der Waals surface area (Å²) < 4.78 is 1.54. The zero-order chi connectivity index (χ0) is 9.84. The van der Waals surface area contributed by atoms with Crippen LogP contribution in [-0.2, 0) is 13.1 Å². The Morgan fingerprint density at radius 3 is 2.85 bits per heavy atom. The molecule has 2 N–H and O–H groups in total. The molecule has 0 unspecified atom stereocenters. The van der Waals surface area contributed by atoms with Gasteiger partial charge < -0.3 is 10.3 Å². The second-order valence-electron chi connectivity index (χ2n) is 2.80. The zero-order valence-electron chi connectivity index (χ0n) is 7.58. The summed E-state index contributed by atoms with van der Waals surface area (Å²) in [6, 6.07) is 3.59. The Balaban J connectivity index is 3.32. The van der Waals surface area contributed by atoms with Crippen LogP contribution in [0.1, 0.15) is 11.3 Å². The molecule has 1 aromatic rings. The number of aryl methyl sites for hydroxylation is 1. The smallest absolute Gasteiger partial charge is 0.256 e. The van der Waals surface area contributed by atoms with Crippen LogP contribution >= 0.6 is 0 Å². The van der Waals surface area contributed by atoms with E-state index in [4.69, 9.17) is 12.2 Å². The molecule has 0 aliphatic rings. The molecule has 0 aliphatic heterocycles. The number of hydrogen-bond donors (Lipinski definition) is 1. The summed E-state index contributed by atoms with van der Waals surface area (Å²) in [6.07, 6.45) is 5.15. The third kappa shape index (κ3) is 1.79. The average molecular weight is 176 g/mol. The lowest BCUT2D eigenvalue weighted by Crippen LogP contribution is -2.26. The monoisotopic (exact) mass is 176 g/mol. The maximum absolute atomic E-state index is 11.6. The summed E-state index contributed by atoms with van der Waals surface area (Å²) in [7, 11) is 0. The van der Waals surface area contributed by atoms with Crippen molar-refractivity contribution in [3.8, 4) is 12.3 Å². The van der Waals surface area contributed by atoms with Gasteiger partial charge in [0.25, 0.3) is 5.56 Å². The highest BCUT2D eigenvalue weighted by Crippen LogP contribution is 1.97. The van der Waals surface area contributed by atoms with Crippen LogP contribution in [0.15, 0.2) is 16.9 Å². The first-order valence-electron chi connectivity index (χ1n) is 4.03. The number of terminal acetylenes is 1. The number of aromatic nitrogens is 1. The predicted octanol–water partition coefficient (Wildman–Crippen LogP) is 0.249. The molecule has 0 spiro atoms. The van der Waals surface area contributed by atoms with E-state index in [1.165, 1.54) is 0 Å². The first kappa shape index (κ1) is 9.56. The van der Waals surface area contributed by atoms with E-state index < -0.39 is 0 Å². The minimum absolute atomic E-state index is 0.0829. The normalized spacial score (nSPS) is 9.62. The minimum Gasteiger partial charge on any atom is -0.326 e. The first-order valence-corrected chi connectivity index (χ1v) is 4.03. The van der Waals surface area contributed by atoms with Crippen LogP contribution in [0, 0.1) is 19.3 Å². The van der Waals surface area contributed by atoms with Crippen molar-refractivity contribution in [2.45, 2.75) is 20.0 Å². The highest BCUT2D eigenvalue weighted by atomic mass is 16.1. The first-order chi connectivity index (χ1) is 6.20. The van der Waals surface area contributed by atoms with Gasteiger partial charge >= 0.3 is 0 Å². The molecule has 0 saturated carbocycles. The van der Waals surface area contributed by atoms with Crippen molar-refractivity contribution < 1.29 is 0 Å². The van der Waals surface area contributed by atoms with E-state index in [1.807, 2.05) is 13.0 Å². The van der Waals surface area contributed by atoms with E-state index in [1.54, 1.807) is 10.6 Å². The maximum Gasteiger partial charge on any atom is 0.256 e. The van der Waals surface area contributed by atoms with E-state index in [2.05, 4.69) is 5.92 Å². The van der Waals surface area contributed by atoms with Crippen LogP contribution in [0.25, 0.3) is 0 Å². The summed E-state index contributed by atoms with van der Waals surface area (Å²) in [4.78, 5) is 11.6. The minimum atomic E-state index is -0.0829. The average Bonchev–Trinajstić information content (AvgIpc) is 2.12. The molecular formula is C10H12N2O. The lowest BCUT2D eigenvalue weighted by molar-refractivity contribution is 0.745. The van der Waals surface area contributed by atoms with Gasteiger partial charge in [0, 0.05) is 17.8 Å². The fourth-order valence-electron chi connectivity index (χ4n) is 1.16. The number of pyridine rings is 1. The highest BCUT2D eigenvalue weighted by Gasteiger charge is 2.02. The Kier molecular flexibility index (Phi) is 2.88. The van der Waals surface area contributed by atoms with E-state index in [-0.39, 0.29) is 12.1 Å². The third-order valence-corrected chi connectivity index (χ3v) is 1.94. The molecular weight excluding hydrogens is 164 g/mol. The van der Waals surface area contributed by atoms with E-state index in [0.717, 1.165) is 5.69 Å². The largest absolute Gasteiger partial charge is 0.326 e. The molecule has 68 valence electrons. The van der Waals surface area contributed by atoms with Crippen molar-refractivity contribution in [3.63, 3.8) is 0 Å². The Morgan fingerprint density at radius 1 is 1.62 bits per heavy atom. The van der Waals surface area contributed by atoms with Gasteiger partial charge in [-0.15, -0.1) is 6.42 Å². The summed E-state index contributed by atoms with van der Waals surface area (Å²) in [5, 5.41) is 0. The standard InChI is InChI=1S/C10H12N2O/c1-3-6-12-8(2)4-5-9(7-11)10(12)13/h1,4-5H,6-7,11H2,2H3. The van der Waals surface area contributed by atoms with Crippen molar-refractivity contribution in [3.05, 3.63) is 33.7 Å². The van der Waals surface area contributed by atoms with Crippen LogP contribution in [0.4, 0.5) is 0 Å². The summed E-state index contributed by atoms with van der Waals surface area (Å²) in [5.41, 5.74) is 6.78. The van der Waals surface area contributed by atoms with Crippen LogP contribution in [-0.4, -0.2) is 4.57 Å². The molecule has 0 fully saturated rings. The van der Waals surface area contributed by atoms with Crippen LogP contribution in [0.2, 0.25) is 0 Å². The highest BCUT2D eigenvalue weighted by molar-refractivity contribution is 5.16. The number of nitrogens with two attached hydrogens (primary N) is 1. The summed E-state index contributed by atoms with van der Waals surface area (Å²) in [5.74, 6) is 2.44. The molecule has 13 heavy (non-hydrogen) atoms. The summed E-state index contributed by atoms with van der Waals surface area (Å²) in [6.45, 7) is 2.40. The predicted molar refractivity (Wildman–Crippen MR) is 52.2 cm³/mol. The second kappa shape index (κ2) is 3.92. The van der Waals surface area contributed by atoms with Gasteiger partial charge in [0.05, 0.1) is 6.54 Å². The number of hydrogen-bond acceptors (Lipinski definition) is 2. The molecule has 0 aliphatic carbocycles. The fraction of sp³-hybridized carbons (Fsp3) is 0.300. The molecule has 1 aromatic heterocycles. The van der Waals surface area contributed by atoms with Crippen LogP contribution < -0.4 is 11.3 Å². The Hall–Kier alpha value is -1.53. The molecule has 0 bridgehead atoms. The molecule has 0 aromatic carbocycles. The Labute approximate surface area is 77.2 Å². The van der Waals surface area contributed by atoms with Gasteiger partial charge in [-0.3, -0.25) is 4.79 Å². The third-order valence-electron chi connectivity index (χ3n) is 1.94. The van der Waals surface area contributed by atoms with Crippen molar-refractivity contribution in [1.82, 2.24) is 4.57 Å². The van der Waals surface area contributed by atoms with Gasteiger partial charge in [-0.25, -0.2) is 0 Å². The lowest BCUT2D eigenvalue weighted by atomic mass is 10.2. The van der Waals surface area contributed by atoms with Crippen LogP contribution in [0.3, 0.4) is 0 Å². The SMILES string of the molecule is C#CCn1c(C)ccc(CN)c1=O. The fourth-order valence-corrected chi connectivity index (χ4v) is 1.16. The second-order valence-corrected chi connectivity index (χ2v) is 2.80. The van der Waals surface area contributed by atoms with E-state index in [0.29, 0.717) is 12.1 Å². The van der Waals surface area contributed by atoms with Gasteiger partial charge in [0.15, 0.2) is 0 Å². The van der Waals surface area contributed by atoms with Crippen LogP contribution in [0.5, 0.6) is 0 Å². The van der Waals surface area contributed by atoms with Gasteiger partial charge in [-0.05, 0) is 13.0 Å². The van der Waals surface area contributed by atoms with Crippen molar-refractivity contribution in [2.24, 2.45) is 5.73 Å². The van der Waals surface area contributed by atoms with E-state index >= 15 is 0 Å². The molecule has 1 heterocycles. The summed E-state index contributed by atoms with van der Waals surface area (Å²) >= 11 is 0. The molecule has 0 amide bonds. The van der Waals surface area contributed by atoms with Crippen molar-refractivity contribution in [1.29, 1.82) is 0 Å².